The second kappa shape index (κ2) is 11.9. The predicted octanol–water partition coefficient (Wildman–Crippen LogP) is 2.99. The Bertz CT molecular complexity index is 123. The molecule has 0 radical (unpaired) electrons. The number of rotatable bonds is 11. The first kappa shape index (κ1) is 14.8. The van der Waals surface area contributed by atoms with Gasteiger partial charge in [-0.2, -0.15) is 0 Å². The molecule has 2 nitrogen and oxygen atoms in total. The van der Waals surface area contributed by atoms with E-state index in [0.717, 1.165) is 19.3 Å². The van der Waals surface area contributed by atoms with E-state index in [2.05, 4.69) is 0 Å². The number of hydrogen-bond donors (Lipinski definition) is 1. The maximum atomic E-state index is 12.9. The van der Waals surface area contributed by atoms with Crippen molar-refractivity contribution in [3.63, 3.8) is 0 Å². The normalized spacial score (nSPS) is 13.0. The van der Waals surface area contributed by atoms with Crippen molar-refractivity contribution in [1.82, 2.24) is 0 Å². The highest BCUT2D eigenvalue weighted by Crippen LogP contribution is 2.08. The predicted molar refractivity (Wildman–Crippen MR) is 56.2 cm³/mol. The lowest BCUT2D eigenvalue weighted by molar-refractivity contribution is -0.0463. The fraction of sp³-hybridized carbons (Fsp3) is 1.00. The van der Waals surface area contributed by atoms with Crippen LogP contribution in [-0.4, -0.2) is 31.4 Å². The first-order chi connectivity index (χ1) is 7.31. The Morgan fingerprint density at radius 1 is 1.00 bits per heavy atom. The van der Waals surface area contributed by atoms with Gasteiger partial charge in [0.2, 0.25) is 0 Å². The fourth-order valence-corrected chi connectivity index (χ4v) is 1.26. The third-order valence-electron chi connectivity index (χ3n) is 2.17. The monoisotopic (exact) mass is 224 g/mol. The fourth-order valence-electron chi connectivity index (χ4n) is 1.26. The highest BCUT2D eigenvalue weighted by Gasteiger charge is 2.04. The van der Waals surface area contributed by atoms with E-state index in [9.17, 15) is 8.78 Å². The van der Waals surface area contributed by atoms with Gasteiger partial charge in [-0.15, -0.1) is 0 Å². The summed E-state index contributed by atoms with van der Waals surface area (Å²) in [6.45, 7) is 0.246. The molecule has 0 aromatic heterocycles. The number of aliphatic hydroxyl groups is 1. The summed E-state index contributed by atoms with van der Waals surface area (Å²) >= 11 is 0. The molecule has 0 saturated carbocycles. The van der Waals surface area contributed by atoms with Crippen molar-refractivity contribution in [2.45, 2.75) is 51.3 Å². The van der Waals surface area contributed by atoms with Crippen molar-refractivity contribution >= 4 is 0 Å². The van der Waals surface area contributed by atoms with Crippen molar-refractivity contribution in [2.24, 2.45) is 0 Å². The van der Waals surface area contributed by atoms with E-state index in [0.29, 0.717) is 32.3 Å². The highest BCUT2D eigenvalue weighted by molar-refractivity contribution is 4.46. The zero-order valence-corrected chi connectivity index (χ0v) is 9.26. The van der Waals surface area contributed by atoms with Crippen molar-refractivity contribution in [3.8, 4) is 0 Å². The molecule has 0 rings (SSSR count). The lowest BCUT2D eigenvalue weighted by Crippen LogP contribution is -2.07. The topological polar surface area (TPSA) is 29.5 Å². The summed E-state index contributed by atoms with van der Waals surface area (Å²) < 4.78 is 29.6. The molecule has 0 aromatic rings. The number of aliphatic hydroxyl groups excluding tert-OH is 1. The van der Waals surface area contributed by atoms with Crippen LogP contribution in [0.5, 0.6) is 0 Å². The number of unbranched alkanes of at least 4 members (excludes halogenated alkanes) is 4. The SMILES string of the molecule is OCCCCC(F)OCCCCCCF. The average Bonchev–Trinajstić information content (AvgIpc) is 2.23. The van der Waals surface area contributed by atoms with E-state index in [-0.39, 0.29) is 13.3 Å². The van der Waals surface area contributed by atoms with Crippen molar-refractivity contribution in [3.05, 3.63) is 0 Å². The molecule has 1 N–H and O–H groups in total. The Kier molecular flexibility index (Phi) is 11.7. The highest BCUT2D eigenvalue weighted by atomic mass is 19.1. The van der Waals surface area contributed by atoms with E-state index in [1.54, 1.807) is 0 Å². The standard InChI is InChI=1S/C11H22F2O2/c12-8-4-1-2-6-10-15-11(13)7-3-5-9-14/h11,14H,1-10H2. The Balaban J connectivity index is 3.06. The van der Waals surface area contributed by atoms with Crippen LogP contribution >= 0.6 is 0 Å². The molecule has 0 amide bonds. The van der Waals surface area contributed by atoms with Gasteiger partial charge in [0, 0.05) is 13.0 Å². The summed E-state index contributed by atoms with van der Waals surface area (Å²) in [6.07, 6.45) is 3.55. The van der Waals surface area contributed by atoms with Gasteiger partial charge in [0.1, 0.15) is 0 Å². The second-order valence-electron chi connectivity index (χ2n) is 3.60. The summed E-state index contributed by atoms with van der Waals surface area (Å²) in [7, 11) is 0. The van der Waals surface area contributed by atoms with Gasteiger partial charge >= 0.3 is 0 Å². The molecule has 0 aliphatic rings. The van der Waals surface area contributed by atoms with E-state index in [1.165, 1.54) is 0 Å². The van der Waals surface area contributed by atoms with Gasteiger partial charge in [-0.1, -0.05) is 12.8 Å². The second-order valence-corrected chi connectivity index (χ2v) is 3.60. The molecule has 0 saturated heterocycles. The summed E-state index contributed by atoms with van der Waals surface area (Å²) in [4.78, 5) is 0. The summed E-state index contributed by atoms with van der Waals surface area (Å²) in [5, 5.41) is 8.48. The smallest absolute Gasteiger partial charge is 0.198 e. The van der Waals surface area contributed by atoms with E-state index < -0.39 is 6.36 Å². The number of hydrogen-bond acceptors (Lipinski definition) is 2. The Hall–Kier alpha value is -0.220. The first-order valence-electron chi connectivity index (χ1n) is 5.73. The van der Waals surface area contributed by atoms with Gasteiger partial charge in [0.05, 0.1) is 13.3 Å². The zero-order chi connectivity index (χ0) is 11.4. The maximum absolute atomic E-state index is 12.9. The van der Waals surface area contributed by atoms with Crippen molar-refractivity contribution in [1.29, 1.82) is 0 Å². The van der Waals surface area contributed by atoms with Gasteiger partial charge in [-0.25, -0.2) is 4.39 Å². The average molecular weight is 224 g/mol. The molecule has 4 heteroatoms. The lowest BCUT2D eigenvalue weighted by atomic mass is 10.2. The van der Waals surface area contributed by atoms with E-state index in [4.69, 9.17) is 9.84 Å². The molecule has 15 heavy (non-hydrogen) atoms. The van der Waals surface area contributed by atoms with E-state index in [1.807, 2.05) is 0 Å². The van der Waals surface area contributed by atoms with Gasteiger partial charge in [-0.3, -0.25) is 4.39 Å². The minimum absolute atomic E-state index is 0.107. The molecule has 0 aliphatic carbocycles. The maximum Gasteiger partial charge on any atom is 0.198 e. The molecule has 92 valence electrons. The molecule has 1 atom stereocenters. The molecule has 0 aromatic carbocycles. The van der Waals surface area contributed by atoms with Crippen molar-refractivity contribution < 1.29 is 18.6 Å². The van der Waals surface area contributed by atoms with Gasteiger partial charge < -0.3 is 9.84 Å². The minimum atomic E-state index is -1.21. The van der Waals surface area contributed by atoms with Crippen LogP contribution in [0.4, 0.5) is 8.78 Å². The first-order valence-corrected chi connectivity index (χ1v) is 5.73. The molecule has 0 bridgehead atoms. The third kappa shape index (κ3) is 11.7. The Morgan fingerprint density at radius 3 is 2.40 bits per heavy atom. The van der Waals surface area contributed by atoms with Crippen LogP contribution in [0.2, 0.25) is 0 Å². The third-order valence-corrected chi connectivity index (χ3v) is 2.17. The quantitative estimate of drug-likeness (QED) is 0.547. The molecule has 0 spiro atoms. The molecular formula is C11H22F2O2. The van der Waals surface area contributed by atoms with Crippen LogP contribution in [0.25, 0.3) is 0 Å². The van der Waals surface area contributed by atoms with Crippen molar-refractivity contribution in [2.75, 3.05) is 19.9 Å². The van der Waals surface area contributed by atoms with Gasteiger partial charge in [0.15, 0.2) is 6.36 Å². The van der Waals surface area contributed by atoms with Crippen LogP contribution in [-0.2, 0) is 4.74 Å². The van der Waals surface area contributed by atoms with E-state index >= 15 is 0 Å². The van der Waals surface area contributed by atoms with Crippen LogP contribution in [0.3, 0.4) is 0 Å². The lowest BCUT2D eigenvalue weighted by Gasteiger charge is -2.08. The Morgan fingerprint density at radius 2 is 1.73 bits per heavy atom. The molecule has 1 unspecified atom stereocenters. The number of ether oxygens (including phenoxy) is 1. The van der Waals surface area contributed by atoms with Crippen LogP contribution in [0.15, 0.2) is 0 Å². The largest absolute Gasteiger partial charge is 0.396 e. The number of alkyl halides is 2. The molecule has 0 fully saturated rings. The molecule has 0 heterocycles. The summed E-state index contributed by atoms with van der Waals surface area (Å²) in [5.74, 6) is 0. The minimum Gasteiger partial charge on any atom is -0.396 e. The van der Waals surface area contributed by atoms with Gasteiger partial charge in [0.25, 0.3) is 0 Å². The molecular weight excluding hydrogens is 202 g/mol. The van der Waals surface area contributed by atoms with Crippen LogP contribution < -0.4 is 0 Å². The Labute approximate surface area is 90.6 Å². The van der Waals surface area contributed by atoms with Crippen LogP contribution in [0.1, 0.15) is 44.9 Å². The van der Waals surface area contributed by atoms with Gasteiger partial charge in [-0.05, 0) is 25.7 Å². The molecule has 0 aliphatic heterocycles. The number of halogens is 2. The summed E-state index contributed by atoms with van der Waals surface area (Å²) in [5.41, 5.74) is 0. The zero-order valence-electron chi connectivity index (χ0n) is 9.26. The van der Waals surface area contributed by atoms with Crippen LogP contribution in [0, 0.1) is 0 Å². The summed E-state index contributed by atoms with van der Waals surface area (Å²) in [6, 6.07) is 0.